The van der Waals surface area contributed by atoms with Crippen molar-refractivity contribution >= 4 is 24.2 Å². The van der Waals surface area contributed by atoms with Crippen molar-refractivity contribution in [1.29, 1.82) is 0 Å². The molecular formula is C12H16ClFOS. The number of ether oxygens (including phenoxy) is 1. The predicted molar refractivity (Wildman–Crippen MR) is 69.2 cm³/mol. The standard InChI is InChI=1S/C12H16ClFOS/c1-2-3-9(8-16)7-15-12-5-4-10(14)6-11(12)13/h4-6,9,16H,2-3,7-8H2,1H3. The molecule has 0 N–H and O–H groups in total. The average molecular weight is 263 g/mol. The first-order chi connectivity index (χ1) is 7.67. The van der Waals surface area contributed by atoms with Crippen molar-refractivity contribution in [3.8, 4) is 5.75 Å². The van der Waals surface area contributed by atoms with E-state index in [1.54, 1.807) is 6.07 Å². The second-order valence-electron chi connectivity index (χ2n) is 3.72. The van der Waals surface area contributed by atoms with E-state index in [-0.39, 0.29) is 5.82 Å². The number of halogens is 2. The third-order valence-corrected chi connectivity index (χ3v) is 3.14. The molecule has 0 saturated carbocycles. The van der Waals surface area contributed by atoms with E-state index in [1.807, 2.05) is 0 Å². The summed E-state index contributed by atoms with van der Waals surface area (Å²) in [6.07, 6.45) is 2.17. The Morgan fingerprint density at radius 3 is 2.81 bits per heavy atom. The summed E-state index contributed by atoms with van der Waals surface area (Å²) in [6, 6.07) is 4.16. The van der Waals surface area contributed by atoms with Gasteiger partial charge in [0.25, 0.3) is 0 Å². The molecule has 0 aliphatic carbocycles. The molecule has 16 heavy (non-hydrogen) atoms. The van der Waals surface area contributed by atoms with Crippen LogP contribution in [0.3, 0.4) is 0 Å². The van der Waals surface area contributed by atoms with Crippen LogP contribution in [0.25, 0.3) is 0 Å². The molecule has 1 aromatic rings. The molecule has 0 heterocycles. The van der Waals surface area contributed by atoms with E-state index >= 15 is 0 Å². The van der Waals surface area contributed by atoms with E-state index in [2.05, 4.69) is 19.6 Å². The van der Waals surface area contributed by atoms with Gasteiger partial charge in [0.1, 0.15) is 11.6 Å². The van der Waals surface area contributed by atoms with Crippen molar-refractivity contribution in [2.75, 3.05) is 12.4 Å². The van der Waals surface area contributed by atoms with Gasteiger partial charge in [0.05, 0.1) is 11.6 Å². The van der Waals surface area contributed by atoms with Crippen LogP contribution < -0.4 is 4.74 Å². The zero-order valence-electron chi connectivity index (χ0n) is 9.25. The van der Waals surface area contributed by atoms with Crippen LogP contribution in [0.1, 0.15) is 19.8 Å². The third kappa shape index (κ3) is 4.22. The van der Waals surface area contributed by atoms with E-state index in [0.717, 1.165) is 18.6 Å². The second-order valence-corrected chi connectivity index (χ2v) is 4.50. The fourth-order valence-corrected chi connectivity index (χ4v) is 1.95. The van der Waals surface area contributed by atoms with Crippen molar-refractivity contribution in [1.82, 2.24) is 0 Å². The van der Waals surface area contributed by atoms with Crippen molar-refractivity contribution in [3.63, 3.8) is 0 Å². The topological polar surface area (TPSA) is 9.23 Å². The van der Waals surface area contributed by atoms with Crippen LogP contribution in [0.2, 0.25) is 5.02 Å². The highest BCUT2D eigenvalue weighted by atomic mass is 35.5. The van der Waals surface area contributed by atoms with Crippen LogP contribution in [0.4, 0.5) is 4.39 Å². The molecule has 4 heteroatoms. The molecule has 0 aliphatic heterocycles. The summed E-state index contributed by atoms with van der Waals surface area (Å²) in [6.45, 7) is 2.70. The Morgan fingerprint density at radius 2 is 2.25 bits per heavy atom. The van der Waals surface area contributed by atoms with Gasteiger partial charge in [0.15, 0.2) is 0 Å². The summed E-state index contributed by atoms with van der Waals surface area (Å²) >= 11 is 10.1. The maximum absolute atomic E-state index is 12.8. The molecule has 0 saturated heterocycles. The Morgan fingerprint density at radius 1 is 1.50 bits per heavy atom. The van der Waals surface area contributed by atoms with Gasteiger partial charge in [-0.15, -0.1) is 0 Å². The van der Waals surface area contributed by atoms with Crippen molar-refractivity contribution in [2.45, 2.75) is 19.8 Å². The Hall–Kier alpha value is -0.410. The molecule has 0 spiro atoms. The molecule has 0 amide bonds. The van der Waals surface area contributed by atoms with Crippen LogP contribution in [-0.2, 0) is 0 Å². The minimum atomic E-state index is -0.350. The number of thiol groups is 1. The van der Waals surface area contributed by atoms with Crippen LogP contribution in [0, 0.1) is 11.7 Å². The molecule has 0 bridgehead atoms. The lowest BCUT2D eigenvalue weighted by Crippen LogP contribution is -2.13. The molecule has 1 nitrogen and oxygen atoms in total. The molecule has 1 unspecified atom stereocenters. The number of hydrogen-bond donors (Lipinski definition) is 1. The molecule has 1 atom stereocenters. The lowest BCUT2D eigenvalue weighted by Gasteiger charge is -2.15. The van der Waals surface area contributed by atoms with Crippen molar-refractivity contribution in [2.24, 2.45) is 5.92 Å². The highest BCUT2D eigenvalue weighted by molar-refractivity contribution is 7.80. The normalized spacial score (nSPS) is 12.5. The lowest BCUT2D eigenvalue weighted by molar-refractivity contribution is 0.254. The van der Waals surface area contributed by atoms with Crippen LogP contribution in [0.5, 0.6) is 5.75 Å². The first-order valence-corrected chi connectivity index (χ1v) is 6.37. The van der Waals surface area contributed by atoms with E-state index in [1.165, 1.54) is 12.1 Å². The predicted octanol–water partition coefficient (Wildman–Crippen LogP) is 4.20. The maximum Gasteiger partial charge on any atom is 0.138 e. The van der Waals surface area contributed by atoms with Crippen molar-refractivity contribution in [3.05, 3.63) is 29.0 Å². The fraction of sp³-hybridized carbons (Fsp3) is 0.500. The average Bonchev–Trinajstić information content (AvgIpc) is 2.26. The fourth-order valence-electron chi connectivity index (χ4n) is 1.44. The quantitative estimate of drug-likeness (QED) is 0.756. The highest BCUT2D eigenvalue weighted by Gasteiger charge is 2.08. The van der Waals surface area contributed by atoms with Gasteiger partial charge < -0.3 is 4.74 Å². The van der Waals surface area contributed by atoms with E-state index < -0.39 is 0 Å². The maximum atomic E-state index is 12.8. The SMILES string of the molecule is CCCC(CS)COc1ccc(F)cc1Cl. The second kappa shape index (κ2) is 7.02. The van der Waals surface area contributed by atoms with Gasteiger partial charge in [0, 0.05) is 5.92 Å². The zero-order valence-corrected chi connectivity index (χ0v) is 10.9. The first-order valence-electron chi connectivity index (χ1n) is 5.36. The molecule has 1 rings (SSSR count). The Balaban J connectivity index is 2.53. The third-order valence-electron chi connectivity index (χ3n) is 2.32. The van der Waals surface area contributed by atoms with E-state index in [4.69, 9.17) is 16.3 Å². The lowest BCUT2D eigenvalue weighted by atomic mass is 10.1. The van der Waals surface area contributed by atoms with Gasteiger partial charge >= 0.3 is 0 Å². The Labute approximate surface area is 106 Å². The first kappa shape index (κ1) is 13.7. The highest BCUT2D eigenvalue weighted by Crippen LogP contribution is 2.25. The molecule has 1 aromatic carbocycles. The summed E-state index contributed by atoms with van der Waals surface area (Å²) in [5.74, 6) is 1.38. The molecule has 0 aliphatic rings. The van der Waals surface area contributed by atoms with Gasteiger partial charge in [0.2, 0.25) is 0 Å². The molecular weight excluding hydrogens is 247 g/mol. The summed E-state index contributed by atoms with van der Waals surface area (Å²) in [7, 11) is 0. The number of hydrogen-bond acceptors (Lipinski definition) is 2. The monoisotopic (exact) mass is 262 g/mol. The molecule has 0 aromatic heterocycles. The summed E-state index contributed by atoms with van der Waals surface area (Å²) in [4.78, 5) is 0. The minimum Gasteiger partial charge on any atom is -0.492 e. The van der Waals surface area contributed by atoms with Crippen LogP contribution in [-0.4, -0.2) is 12.4 Å². The molecule has 0 fully saturated rings. The van der Waals surface area contributed by atoms with Crippen LogP contribution in [0.15, 0.2) is 18.2 Å². The molecule has 0 radical (unpaired) electrons. The van der Waals surface area contributed by atoms with Crippen LogP contribution >= 0.6 is 24.2 Å². The summed E-state index contributed by atoms with van der Waals surface area (Å²) < 4.78 is 18.3. The summed E-state index contributed by atoms with van der Waals surface area (Å²) in [5.41, 5.74) is 0. The van der Waals surface area contributed by atoms with Gasteiger partial charge in [-0.1, -0.05) is 24.9 Å². The Kier molecular flexibility index (Phi) is 5.99. The molecule has 90 valence electrons. The van der Waals surface area contributed by atoms with E-state index in [9.17, 15) is 4.39 Å². The van der Waals surface area contributed by atoms with Gasteiger partial charge in [-0.2, -0.15) is 12.6 Å². The zero-order chi connectivity index (χ0) is 12.0. The minimum absolute atomic E-state index is 0.314. The smallest absolute Gasteiger partial charge is 0.138 e. The van der Waals surface area contributed by atoms with Crippen molar-refractivity contribution < 1.29 is 9.13 Å². The van der Waals surface area contributed by atoms with Gasteiger partial charge in [-0.3, -0.25) is 0 Å². The number of benzene rings is 1. The summed E-state index contributed by atoms with van der Waals surface area (Å²) in [5, 5.41) is 0.314. The van der Waals surface area contributed by atoms with Gasteiger partial charge in [-0.25, -0.2) is 4.39 Å². The number of rotatable bonds is 6. The van der Waals surface area contributed by atoms with Gasteiger partial charge in [-0.05, 0) is 30.4 Å². The van der Waals surface area contributed by atoms with E-state index in [0.29, 0.717) is 23.3 Å². The Bertz CT molecular complexity index is 333. The largest absolute Gasteiger partial charge is 0.492 e.